The molecule has 2 amide bonds. The quantitative estimate of drug-likeness (QED) is 0.763. The maximum absolute atomic E-state index is 12.5. The Kier molecular flexibility index (Phi) is 8.10. The van der Waals surface area contributed by atoms with Gasteiger partial charge in [-0.1, -0.05) is 13.8 Å². The third-order valence-electron chi connectivity index (χ3n) is 3.49. The fourth-order valence-corrected chi connectivity index (χ4v) is 2.19. The number of carbonyl (C=O) groups excluding carboxylic acids is 2. The summed E-state index contributed by atoms with van der Waals surface area (Å²) in [5, 5.41) is 14.2. The van der Waals surface area contributed by atoms with E-state index in [0.717, 1.165) is 0 Å². The highest BCUT2D eigenvalue weighted by Gasteiger charge is 2.27. The van der Waals surface area contributed by atoms with Crippen LogP contribution in [0.4, 0.5) is 4.79 Å². The van der Waals surface area contributed by atoms with E-state index in [1.165, 1.54) is 0 Å². The molecule has 0 fully saturated rings. The Labute approximate surface area is 161 Å². The number of hydrogen-bond acceptors (Lipinski definition) is 5. The van der Waals surface area contributed by atoms with E-state index in [2.05, 4.69) is 10.6 Å². The van der Waals surface area contributed by atoms with Crippen molar-refractivity contribution in [2.75, 3.05) is 6.61 Å². The molecule has 1 rings (SSSR count). The lowest BCUT2D eigenvalue weighted by molar-refractivity contribution is -0.125. The molecule has 0 aliphatic carbocycles. The van der Waals surface area contributed by atoms with Crippen LogP contribution in [0.15, 0.2) is 24.3 Å². The average molecular weight is 375 g/mol. The molecule has 0 saturated carbocycles. The highest BCUT2D eigenvalue weighted by Crippen LogP contribution is 2.12. The lowest BCUT2D eigenvalue weighted by Gasteiger charge is -2.26. The Morgan fingerprint density at radius 3 is 2.19 bits per heavy atom. The number of amides is 2. The fourth-order valence-electron chi connectivity index (χ4n) is 2.19. The number of nitriles is 1. The molecule has 0 aliphatic heterocycles. The van der Waals surface area contributed by atoms with E-state index in [1.54, 1.807) is 45.0 Å². The number of nitrogens with one attached hydrogen (secondary N) is 2. The topological polar surface area (TPSA) is 100 Å². The van der Waals surface area contributed by atoms with E-state index in [-0.39, 0.29) is 24.5 Å². The largest absolute Gasteiger partial charge is 0.491 e. The molecule has 1 aromatic rings. The van der Waals surface area contributed by atoms with Gasteiger partial charge in [-0.05, 0) is 57.9 Å². The standard InChI is InChI=1S/C20H29N3O4/c1-13(2)17(23-19(25)27-20(4,5)6)18(24)22-14(3)12-26-16-9-7-15(11-21)8-10-16/h7-10,13-14,17H,12H2,1-6H3,(H,22,24)(H,23,25)/t14?,17-/m0/s1. The zero-order valence-electron chi connectivity index (χ0n) is 16.8. The molecule has 2 N–H and O–H groups in total. The van der Waals surface area contributed by atoms with Crippen molar-refractivity contribution in [3.05, 3.63) is 29.8 Å². The van der Waals surface area contributed by atoms with Gasteiger partial charge in [-0.3, -0.25) is 4.79 Å². The first-order chi connectivity index (χ1) is 12.5. The summed E-state index contributed by atoms with van der Waals surface area (Å²) in [4.78, 5) is 24.5. The molecular formula is C20H29N3O4. The summed E-state index contributed by atoms with van der Waals surface area (Å²) >= 11 is 0. The number of hydrogen-bond donors (Lipinski definition) is 2. The maximum Gasteiger partial charge on any atom is 0.408 e. The minimum atomic E-state index is -0.711. The monoisotopic (exact) mass is 375 g/mol. The number of benzene rings is 1. The summed E-state index contributed by atoms with van der Waals surface area (Å²) in [6.45, 7) is 11.1. The van der Waals surface area contributed by atoms with Gasteiger partial charge >= 0.3 is 6.09 Å². The molecule has 7 nitrogen and oxygen atoms in total. The van der Waals surface area contributed by atoms with Crippen LogP contribution in [-0.2, 0) is 9.53 Å². The highest BCUT2D eigenvalue weighted by molar-refractivity contribution is 5.86. The van der Waals surface area contributed by atoms with E-state index >= 15 is 0 Å². The third kappa shape index (κ3) is 8.45. The van der Waals surface area contributed by atoms with E-state index in [9.17, 15) is 9.59 Å². The van der Waals surface area contributed by atoms with Crippen molar-refractivity contribution in [1.82, 2.24) is 10.6 Å². The number of carbonyl (C=O) groups is 2. The summed E-state index contributed by atoms with van der Waals surface area (Å²) in [6, 6.07) is 7.80. The predicted molar refractivity (Wildman–Crippen MR) is 102 cm³/mol. The molecule has 2 atom stereocenters. The Hall–Kier alpha value is -2.75. The van der Waals surface area contributed by atoms with Crippen molar-refractivity contribution in [2.45, 2.75) is 59.2 Å². The van der Waals surface area contributed by atoms with Crippen LogP contribution in [-0.4, -0.2) is 36.3 Å². The van der Waals surface area contributed by atoms with E-state index in [0.29, 0.717) is 11.3 Å². The zero-order chi connectivity index (χ0) is 20.6. The van der Waals surface area contributed by atoms with E-state index < -0.39 is 17.7 Å². The third-order valence-corrected chi connectivity index (χ3v) is 3.49. The fraction of sp³-hybridized carbons (Fsp3) is 0.550. The summed E-state index contributed by atoms with van der Waals surface area (Å²) in [5.74, 6) is 0.207. The van der Waals surface area contributed by atoms with Gasteiger partial charge in [-0.15, -0.1) is 0 Å². The van der Waals surface area contributed by atoms with Crippen LogP contribution in [0.1, 0.15) is 47.1 Å². The average Bonchev–Trinajstić information content (AvgIpc) is 2.56. The van der Waals surface area contributed by atoms with Gasteiger partial charge in [0.1, 0.15) is 24.0 Å². The number of ether oxygens (including phenoxy) is 2. The lowest BCUT2D eigenvalue weighted by Crippen LogP contribution is -2.53. The first-order valence-corrected chi connectivity index (χ1v) is 8.94. The van der Waals surface area contributed by atoms with Gasteiger partial charge in [0.2, 0.25) is 5.91 Å². The predicted octanol–water partition coefficient (Wildman–Crippen LogP) is 2.99. The molecule has 7 heteroatoms. The first-order valence-electron chi connectivity index (χ1n) is 8.94. The molecule has 0 aromatic heterocycles. The first kappa shape index (κ1) is 22.3. The van der Waals surface area contributed by atoms with Crippen molar-refractivity contribution < 1.29 is 19.1 Å². The molecule has 148 valence electrons. The summed E-state index contributed by atoms with van der Waals surface area (Å²) in [7, 11) is 0. The smallest absolute Gasteiger partial charge is 0.408 e. The number of rotatable bonds is 7. The highest BCUT2D eigenvalue weighted by atomic mass is 16.6. The van der Waals surface area contributed by atoms with Crippen LogP contribution >= 0.6 is 0 Å². The minimum Gasteiger partial charge on any atom is -0.491 e. The molecule has 0 saturated heterocycles. The van der Waals surface area contributed by atoms with Crippen LogP contribution in [0.25, 0.3) is 0 Å². The van der Waals surface area contributed by atoms with Crippen LogP contribution in [0, 0.1) is 17.2 Å². The van der Waals surface area contributed by atoms with Crippen molar-refractivity contribution in [1.29, 1.82) is 5.26 Å². The van der Waals surface area contributed by atoms with Crippen molar-refractivity contribution in [3.63, 3.8) is 0 Å². The van der Waals surface area contributed by atoms with Gasteiger partial charge in [0, 0.05) is 0 Å². The lowest BCUT2D eigenvalue weighted by atomic mass is 10.0. The van der Waals surface area contributed by atoms with Crippen LogP contribution in [0.5, 0.6) is 5.75 Å². The van der Waals surface area contributed by atoms with Crippen molar-refractivity contribution in [3.8, 4) is 11.8 Å². The molecule has 1 unspecified atom stereocenters. The molecule has 0 spiro atoms. The van der Waals surface area contributed by atoms with Gasteiger partial charge in [0.15, 0.2) is 0 Å². The zero-order valence-corrected chi connectivity index (χ0v) is 16.8. The molecule has 0 radical (unpaired) electrons. The molecule has 0 heterocycles. The normalized spacial score (nSPS) is 13.3. The SMILES string of the molecule is CC(COc1ccc(C#N)cc1)NC(=O)[C@@H](NC(=O)OC(C)(C)C)C(C)C. The summed E-state index contributed by atoms with van der Waals surface area (Å²) < 4.78 is 10.8. The molecule has 0 bridgehead atoms. The van der Waals surface area contributed by atoms with Gasteiger partial charge < -0.3 is 20.1 Å². The van der Waals surface area contributed by atoms with Gasteiger partial charge in [-0.2, -0.15) is 5.26 Å². The van der Waals surface area contributed by atoms with Crippen LogP contribution in [0.2, 0.25) is 0 Å². The minimum absolute atomic E-state index is 0.107. The maximum atomic E-state index is 12.5. The molecular weight excluding hydrogens is 346 g/mol. The van der Waals surface area contributed by atoms with Crippen LogP contribution in [0.3, 0.4) is 0 Å². The van der Waals surface area contributed by atoms with E-state index in [4.69, 9.17) is 14.7 Å². The van der Waals surface area contributed by atoms with Crippen molar-refractivity contribution in [2.24, 2.45) is 5.92 Å². The Morgan fingerprint density at radius 2 is 1.70 bits per heavy atom. The Bertz CT molecular complexity index is 672. The second-order valence-corrected chi connectivity index (χ2v) is 7.72. The molecule has 27 heavy (non-hydrogen) atoms. The molecule has 0 aliphatic rings. The van der Waals surface area contributed by atoms with Crippen molar-refractivity contribution >= 4 is 12.0 Å². The Balaban J connectivity index is 2.56. The summed E-state index contributed by atoms with van der Waals surface area (Å²) in [6.07, 6.45) is -0.627. The number of alkyl carbamates (subject to hydrolysis) is 1. The summed E-state index contributed by atoms with van der Waals surface area (Å²) in [5.41, 5.74) is -0.0821. The van der Waals surface area contributed by atoms with Gasteiger partial charge in [0.25, 0.3) is 0 Å². The second-order valence-electron chi connectivity index (χ2n) is 7.72. The van der Waals surface area contributed by atoms with Crippen LogP contribution < -0.4 is 15.4 Å². The Morgan fingerprint density at radius 1 is 1.11 bits per heavy atom. The van der Waals surface area contributed by atoms with Gasteiger partial charge in [0.05, 0.1) is 17.7 Å². The molecule has 1 aromatic carbocycles. The van der Waals surface area contributed by atoms with Gasteiger partial charge in [-0.25, -0.2) is 4.79 Å². The second kappa shape index (κ2) is 9.81. The number of nitrogens with zero attached hydrogens (tertiary/aromatic N) is 1. The van der Waals surface area contributed by atoms with E-state index in [1.807, 2.05) is 26.8 Å².